The van der Waals surface area contributed by atoms with Gasteiger partial charge in [-0.15, -0.1) is 0 Å². The summed E-state index contributed by atoms with van der Waals surface area (Å²) in [7, 11) is 0. The number of hydrogen-bond donors (Lipinski definition) is 1. The second-order valence-corrected chi connectivity index (χ2v) is 3.98. The van der Waals surface area contributed by atoms with Crippen LogP contribution in [-0.2, 0) is 0 Å². The second-order valence-electron chi connectivity index (χ2n) is 3.98. The topological polar surface area (TPSA) is 29.9 Å². The molecule has 0 amide bonds. The Bertz CT molecular complexity index is 440. The molecule has 0 spiro atoms. The van der Waals surface area contributed by atoms with Gasteiger partial charge in [-0.25, -0.2) is 0 Å². The van der Waals surface area contributed by atoms with Crippen LogP contribution in [0.3, 0.4) is 0 Å². The van der Waals surface area contributed by atoms with E-state index < -0.39 is 0 Å². The quantitative estimate of drug-likeness (QED) is 0.711. The minimum Gasteiger partial charge on any atom is -1.00 e. The lowest BCUT2D eigenvalue weighted by Gasteiger charge is -2.10. The van der Waals surface area contributed by atoms with Crippen molar-refractivity contribution < 1.29 is 21.5 Å². The second kappa shape index (κ2) is 6.52. The molecular weight excluding hydrogens is 276 g/mol. The molecule has 2 nitrogen and oxygen atoms in total. The molecule has 1 unspecified atom stereocenters. The SMILES string of the molecule is Cc1cc[n+](C(CN)c2ccccc2)cc1.[Br-]. The average molecular weight is 293 g/mol. The summed E-state index contributed by atoms with van der Waals surface area (Å²) in [6, 6.07) is 14.8. The van der Waals surface area contributed by atoms with Gasteiger partial charge in [0.1, 0.15) is 0 Å². The summed E-state index contributed by atoms with van der Waals surface area (Å²) in [6.45, 7) is 2.70. The number of halogens is 1. The van der Waals surface area contributed by atoms with Gasteiger partial charge in [-0.05, 0) is 12.5 Å². The summed E-state index contributed by atoms with van der Waals surface area (Å²) in [5.41, 5.74) is 8.37. The molecule has 0 fully saturated rings. The highest BCUT2D eigenvalue weighted by Gasteiger charge is 2.17. The van der Waals surface area contributed by atoms with E-state index in [1.165, 1.54) is 11.1 Å². The maximum absolute atomic E-state index is 5.85. The van der Waals surface area contributed by atoms with E-state index in [0.29, 0.717) is 6.54 Å². The third kappa shape index (κ3) is 3.38. The molecular formula is C14H17BrN2. The molecule has 0 saturated heterocycles. The van der Waals surface area contributed by atoms with Gasteiger partial charge in [0.2, 0.25) is 0 Å². The third-order valence-corrected chi connectivity index (χ3v) is 2.79. The van der Waals surface area contributed by atoms with Crippen molar-refractivity contribution in [2.75, 3.05) is 6.54 Å². The summed E-state index contributed by atoms with van der Waals surface area (Å²) in [4.78, 5) is 0. The fourth-order valence-electron chi connectivity index (χ4n) is 1.83. The van der Waals surface area contributed by atoms with Crippen molar-refractivity contribution in [3.05, 3.63) is 66.0 Å². The molecule has 90 valence electrons. The smallest absolute Gasteiger partial charge is 0.195 e. The van der Waals surface area contributed by atoms with Crippen molar-refractivity contribution in [3.8, 4) is 0 Å². The van der Waals surface area contributed by atoms with Crippen LogP contribution in [-0.4, -0.2) is 6.54 Å². The first-order valence-electron chi connectivity index (χ1n) is 5.53. The van der Waals surface area contributed by atoms with Gasteiger partial charge >= 0.3 is 0 Å². The fourth-order valence-corrected chi connectivity index (χ4v) is 1.83. The standard InChI is InChI=1S/C14H17N2.BrH/c1-12-7-9-16(10-8-12)14(11-15)13-5-3-2-4-6-13;/h2-10,14H,11,15H2,1H3;1H/q+1;/p-1. The summed E-state index contributed by atoms with van der Waals surface area (Å²) < 4.78 is 2.16. The zero-order valence-corrected chi connectivity index (χ0v) is 11.5. The van der Waals surface area contributed by atoms with Crippen LogP contribution >= 0.6 is 0 Å². The number of benzene rings is 1. The van der Waals surface area contributed by atoms with Gasteiger partial charge in [0.05, 0.1) is 6.54 Å². The lowest BCUT2D eigenvalue weighted by atomic mass is 10.1. The molecule has 0 saturated carbocycles. The Hall–Kier alpha value is -1.19. The Balaban J connectivity index is 0.00000144. The van der Waals surface area contributed by atoms with Gasteiger partial charge in [-0.3, -0.25) is 0 Å². The molecule has 3 heteroatoms. The molecule has 1 heterocycles. The first-order chi connectivity index (χ1) is 7.81. The molecule has 2 rings (SSSR count). The van der Waals surface area contributed by atoms with E-state index in [-0.39, 0.29) is 23.0 Å². The van der Waals surface area contributed by atoms with Crippen molar-refractivity contribution in [2.45, 2.75) is 13.0 Å². The molecule has 0 bridgehead atoms. The van der Waals surface area contributed by atoms with E-state index >= 15 is 0 Å². The predicted octanol–water partition coefficient (Wildman–Crippen LogP) is -1.17. The zero-order chi connectivity index (χ0) is 11.4. The molecule has 1 aromatic heterocycles. The van der Waals surface area contributed by atoms with Crippen molar-refractivity contribution in [2.24, 2.45) is 5.73 Å². The minimum atomic E-state index is 0. The van der Waals surface area contributed by atoms with Gasteiger partial charge < -0.3 is 22.7 Å². The Morgan fingerprint density at radius 2 is 1.65 bits per heavy atom. The van der Waals surface area contributed by atoms with Crippen LogP contribution in [0.2, 0.25) is 0 Å². The van der Waals surface area contributed by atoms with Crippen LogP contribution in [0.1, 0.15) is 17.2 Å². The highest BCUT2D eigenvalue weighted by Crippen LogP contribution is 2.10. The van der Waals surface area contributed by atoms with Crippen molar-refractivity contribution in [1.82, 2.24) is 0 Å². The summed E-state index contributed by atoms with van der Waals surface area (Å²) in [5.74, 6) is 0. The molecule has 1 aromatic carbocycles. The van der Waals surface area contributed by atoms with E-state index in [2.05, 4.69) is 48.1 Å². The highest BCUT2D eigenvalue weighted by atomic mass is 79.9. The van der Waals surface area contributed by atoms with Crippen molar-refractivity contribution in [1.29, 1.82) is 0 Å². The van der Waals surface area contributed by atoms with Crippen LogP contribution in [0.4, 0.5) is 0 Å². The first-order valence-corrected chi connectivity index (χ1v) is 5.53. The van der Waals surface area contributed by atoms with Gasteiger partial charge in [0.25, 0.3) is 0 Å². The summed E-state index contributed by atoms with van der Waals surface area (Å²) >= 11 is 0. The molecule has 0 aliphatic carbocycles. The van der Waals surface area contributed by atoms with Crippen LogP contribution in [0.5, 0.6) is 0 Å². The Kier molecular flexibility index (Phi) is 5.32. The van der Waals surface area contributed by atoms with E-state index in [0.717, 1.165) is 0 Å². The van der Waals surface area contributed by atoms with Crippen LogP contribution in [0.25, 0.3) is 0 Å². The number of aryl methyl sites for hydroxylation is 1. The molecule has 0 aliphatic rings. The van der Waals surface area contributed by atoms with Crippen molar-refractivity contribution in [3.63, 3.8) is 0 Å². The summed E-state index contributed by atoms with van der Waals surface area (Å²) in [5, 5.41) is 0. The minimum absolute atomic E-state index is 0. The monoisotopic (exact) mass is 292 g/mol. The molecule has 17 heavy (non-hydrogen) atoms. The largest absolute Gasteiger partial charge is 1.00 e. The van der Waals surface area contributed by atoms with Crippen LogP contribution in [0, 0.1) is 6.92 Å². The lowest BCUT2D eigenvalue weighted by molar-refractivity contribution is -0.711. The Labute approximate surface area is 113 Å². The fraction of sp³-hybridized carbons (Fsp3) is 0.214. The lowest BCUT2D eigenvalue weighted by Crippen LogP contribution is -3.00. The van der Waals surface area contributed by atoms with E-state index in [4.69, 9.17) is 5.73 Å². The number of aromatic nitrogens is 1. The third-order valence-electron chi connectivity index (χ3n) is 2.79. The molecule has 1 atom stereocenters. The highest BCUT2D eigenvalue weighted by molar-refractivity contribution is 5.17. The predicted molar refractivity (Wildman–Crippen MR) is 65.0 cm³/mol. The van der Waals surface area contributed by atoms with E-state index in [1.807, 2.05) is 18.2 Å². The normalized spacial score (nSPS) is 11.6. The van der Waals surface area contributed by atoms with Crippen molar-refractivity contribution >= 4 is 0 Å². The van der Waals surface area contributed by atoms with Gasteiger partial charge in [0.15, 0.2) is 18.4 Å². The maximum atomic E-state index is 5.85. The van der Waals surface area contributed by atoms with Crippen LogP contribution in [0.15, 0.2) is 54.9 Å². The van der Waals surface area contributed by atoms with Crippen LogP contribution < -0.4 is 27.3 Å². The van der Waals surface area contributed by atoms with E-state index in [1.54, 1.807) is 0 Å². The summed E-state index contributed by atoms with van der Waals surface area (Å²) in [6.07, 6.45) is 4.17. The van der Waals surface area contributed by atoms with Gasteiger partial charge in [-0.2, -0.15) is 4.57 Å². The average Bonchev–Trinajstić information content (AvgIpc) is 2.34. The molecule has 0 radical (unpaired) electrons. The zero-order valence-electron chi connectivity index (χ0n) is 9.88. The number of nitrogens with zero attached hydrogens (tertiary/aromatic N) is 1. The Morgan fingerprint density at radius 1 is 1.06 bits per heavy atom. The number of rotatable bonds is 3. The maximum Gasteiger partial charge on any atom is 0.195 e. The molecule has 2 N–H and O–H groups in total. The number of pyridine rings is 1. The number of hydrogen-bond acceptors (Lipinski definition) is 1. The van der Waals surface area contributed by atoms with Gasteiger partial charge in [-0.1, -0.05) is 30.3 Å². The molecule has 2 aromatic rings. The van der Waals surface area contributed by atoms with Gasteiger partial charge in [0, 0.05) is 17.7 Å². The molecule has 0 aliphatic heterocycles. The first kappa shape index (κ1) is 13.9. The number of nitrogens with two attached hydrogens (primary N) is 1. The Morgan fingerprint density at radius 3 is 2.18 bits per heavy atom. The van der Waals surface area contributed by atoms with E-state index in [9.17, 15) is 0 Å².